The van der Waals surface area contributed by atoms with E-state index >= 15 is 0 Å². The maximum atomic E-state index is 2.57. The van der Waals surface area contributed by atoms with E-state index in [-0.39, 0.29) is 0 Å². The second kappa shape index (κ2) is 12.7. The molecule has 136 valence electrons. The van der Waals surface area contributed by atoms with Crippen molar-refractivity contribution < 1.29 is 0 Å². The SMILES string of the molecule is CCCCCCCCCCCCN1C=CN(CCC)C1C(C)C. The van der Waals surface area contributed by atoms with Crippen LogP contribution in [0.25, 0.3) is 0 Å². The van der Waals surface area contributed by atoms with Gasteiger partial charge in [-0.2, -0.15) is 0 Å². The molecule has 0 amide bonds. The quantitative estimate of drug-likeness (QED) is 0.342. The van der Waals surface area contributed by atoms with Gasteiger partial charge in [0.1, 0.15) is 6.17 Å². The fourth-order valence-corrected chi connectivity index (χ4v) is 3.76. The van der Waals surface area contributed by atoms with Crippen LogP contribution in [0.3, 0.4) is 0 Å². The number of nitrogens with zero attached hydrogens (tertiary/aromatic N) is 2. The third-order valence-corrected chi connectivity index (χ3v) is 4.98. The molecular weight excluding hydrogens is 280 g/mol. The van der Waals surface area contributed by atoms with Crippen LogP contribution in [0.5, 0.6) is 0 Å². The van der Waals surface area contributed by atoms with Crippen molar-refractivity contribution in [1.29, 1.82) is 0 Å². The molecule has 0 radical (unpaired) electrons. The van der Waals surface area contributed by atoms with Crippen molar-refractivity contribution in [3.63, 3.8) is 0 Å². The van der Waals surface area contributed by atoms with E-state index < -0.39 is 0 Å². The molecule has 0 aromatic carbocycles. The molecular formula is C21H42N2. The highest BCUT2D eigenvalue weighted by atomic mass is 15.4. The van der Waals surface area contributed by atoms with Gasteiger partial charge in [-0.15, -0.1) is 0 Å². The van der Waals surface area contributed by atoms with E-state index in [1.807, 2.05) is 0 Å². The molecule has 1 atom stereocenters. The van der Waals surface area contributed by atoms with E-state index in [2.05, 4.69) is 49.9 Å². The number of rotatable bonds is 14. The van der Waals surface area contributed by atoms with Crippen LogP contribution in [0.2, 0.25) is 0 Å². The fraction of sp³-hybridized carbons (Fsp3) is 0.905. The zero-order valence-corrected chi connectivity index (χ0v) is 16.4. The zero-order chi connectivity index (χ0) is 16.9. The van der Waals surface area contributed by atoms with Gasteiger partial charge in [-0.3, -0.25) is 0 Å². The summed E-state index contributed by atoms with van der Waals surface area (Å²) in [5, 5.41) is 0. The van der Waals surface area contributed by atoms with E-state index in [0.717, 1.165) is 0 Å². The van der Waals surface area contributed by atoms with Crippen molar-refractivity contribution in [2.75, 3.05) is 13.1 Å². The molecule has 0 spiro atoms. The lowest BCUT2D eigenvalue weighted by Crippen LogP contribution is -2.43. The van der Waals surface area contributed by atoms with E-state index in [1.54, 1.807) is 0 Å². The van der Waals surface area contributed by atoms with Crippen LogP contribution in [-0.2, 0) is 0 Å². The van der Waals surface area contributed by atoms with Crippen LogP contribution in [0, 0.1) is 5.92 Å². The fourth-order valence-electron chi connectivity index (χ4n) is 3.76. The van der Waals surface area contributed by atoms with Crippen molar-refractivity contribution in [2.24, 2.45) is 5.92 Å². The number of hydrogen-bond acceptors (Lipinski definition) is 2. The van der Waals surface area contributed by atoms with Crippen LogP contribution in [0.15, 0.2) is 12.4 Å². The molecule has 2 nitrogen and oxygen atoms in total. The molecule has 0 aromatic heterocycles. The Bertz CT molecular complexity index is 298. The minimum absolute atomic E-state index is 0.591. The Kier molecular flexibility index (Phi) is 11.3. The zero-order valence-electron chi connectivity index (χ0n) is 16.4. The summed E-state index contributed by atoms with van der Waals surface area (Å²) in [4.78, 5) is 5.10. The Labute approximate surface area is 146 Å². The van der Waals surface area contributed by atoms with Crippen LogP contribution in [0.4, 0.5) is 0 Å². The highest BCUT2D eigenvalue weighted by Crippen LogP contribution is 2.23. The summed E-state index contributed by atoms with van der Waals surface area (Å²) in [6.07, 6.45) is 20.7. The van der Waals surface area contributed by atoms with Crippen LogP contribution in [0.1, 0.15) is 98.3 Å². The van der Waals surface area contributed by atoms with Gasteiger partial charge in [0.15, 0.2) is 0 Å². The van der Waals surface area contributed by atoms with Gasteiger partial charge in [-0.05, 0) is 18.8 Å². The number of unbranched alkanes of at least 4 members (excludes halogenated alkanes) is 9. The summed E-state index contributed by atoms with van der Waals surface area (Å²) in [5.74, 6) is 0.694. The Morgan fingerprint density at radius 3 is 1.61 bits per heavy atom. The Morgan fingerprint density at radius 1 is 0.652 bits per heavy atom. The second-order valence-corrected chi connectivity index (χ2v) is 7.61. The van der Waals surface area contributed by atoms with E-state index in [0.29, 0.717) is 12.1 Å². The molecule has 1 unspecified atom stereocenters. The van der Waals surface area contributed by atoms with Crippen molar-refractivity contribution >= 4 is 0 Å². The first-order chi connectivity index (χ1) is 11.2. The highest BCUT2D eigenvalue weighted by Gasteiger charge is 2.27. The summed E-state index contributed by atoms with van der Waals surface area (Å²) in [6.45, 7) is 11.7. The third-order valence-electron chi connectivity index (χ3n) is 4.98. The van der Waals surface area contributed by atoms with Crippen molar-refractivity contribution in [3.05, 3.63) is 12.4 Å². The molecule has 1 aliphatic heterocycles. The van der Waals surface area contributed by atoms with Crippen LogP contribution >= 0.6 is 0 Å². The maximum Gasteiger partial charge on any atom is 0.103 e. The monoisotopic (exact) mass is 322 g/mol. The van der Waals surface area contributed by atoms with Gasteiger partial charge in [-0.25, -0.2) is 0 Å². The lowest BCUT2D eigenvalue weighted by molar-refractivity contribution is 0.106. The van der Waals surface area contributed by atoms with Crippen molar-refractivity contribution in [3.8, 4) is 0 Å². The lowest BCUT2D eigenvalue weighted by Gasteiger charge is -2.35. The molecule has 2 heteroatoms. The average molecular weight is 323 g/mol. The van der Waals surface area contributed by atoms with Gasteiger partial charge < -0.3 is 9.80 Å². The standard InChI is InChI=1S/C21H42N2/c1-5-7-8-9-10-11-12-13-14-15-17-23-19-18-22(16-6-2)21(23)20(3)4/h18-21H,5-17H2,1-4H3. The largest absolute Gasteiger partial charge is 0.356 e. The van der Waals surface area contributed by atoms with Gasteiger partial charge in [0.2, 0.25) is 0 Å². The van der Waals surface area contributed by atoms with Gasteiger partial charge in [0.25, 0.3) is 0 Å². The molecule has 0 fully saturated rings. The first-order valence-corrected chi connectivity index (χ1v) is 10.4. The molecule has 1 heterocycles. The highest BCUT2D eigenvalue weighted by molar-refractivity contribution is 4.97. The first kappa shape index (κ1) is 20.4. The molecule has 0 aromatic rings. The maximum absolute atomic E-state index is 2.57. The van der Waals surface area contributed by atoms with Crippen molar-refractivity contribution in [2.45, 2.75) is 104 Å². The normalized spacial score (nSPS) is 17.7. The van der Waals surface area contributed by atoms with Gasteiger partial charge in [0, 0.05) is 25.5 Å². The van der Waals surface area contributed by atoms with Crippen LogP contribution < -0.4 is 0 Å². The molecule has 1 rings (SSSR count). The average Bonchev–Trinajstić information content (AvgIpc) is 2.92. The summed E-state index contributed by atoms with van der Waals surface area (Å²) in [5.41, 5.74) is 0. The number of hydrogen-bond donors (Lipinski definition) is 0. The summed E-state index contributed by atoms with van der Waals surface area (Å²) in [6, 6.07) is 0. The topological polar surface area (TPSA) is 6.48 Å². The molecule has 23 heavy (non-hydrogen) atoms. The van der Waals surface area contributed by atoms with Crippen molar-refractivity contribution in [1.82, 2.24) is 9.80 Å². The molecule has 0 bridgehead atoms. The van der Waals surface area contributed by atoms with Gasteiger partial charge >= 0.3 is 0 Å². The third kappa shape index (κ3) is 8.13. The summed E-state index contributed by atoms with van der Waals surface area (Å²) in [7, 11) is 0. The van der Waals surface area contributed by atoms with Crippen LogP contribution in [-0.4, -0.2) is 29.1 Å². The summed E-state index contributed by atoms with van der Waals surface area (Å²) < 4.78 is 0. The minimum Gasteiger partial charge on any atom is -0.356 e. The molecule has 0 saturated carbocycles. The Hall–Kier alpha value is -0.660. The minimum atomic E-state index is 0.591. The van der Waals surface area contributed by atoms with E-state index in [4.69, 9.17) is 0 Å². The van der Waals surface area contributed by atoms with Gasteiger partial charge in [-0.1, -0.05) is 85.5 Å². The van der Waals surface area contributed by atoms with Gasteiger partial charge in [0.05, 0.1) is 0 Å². The smallest absolute Gasteiger partial charge is 0.103 e. The Balaban J connectivity index is 2.05. The van der Waals surface area contributed by atoms with E-state index in [1.165, 1.54) is 83.7 Å². The lowest BCUT2D eigenvalue weighted by atomic mass is 10.1. The van der Waals surface area contributed by atoms with E-state index in [9.17, 15) is 0 Å². The predicted molar refractivity (Wildman–Crippen MR) is 103 cm³/mol. The Morgan fingerprint density at radius 2 is 1.13 bits per heavy atom. The second-order valence-electron chi connectivity index (χ2n) is 7.61. The molecule has 0 N–H and O–H groups in total. The predicted octanol–water partition coefficient (Wildman–Crippen LogP) is 6.39. The summed E-state index contributed by atoms with van der Waals surface area (Å²) >= 11 is 0. The molecule has 0 saturated heterocycles. The molecule has 0 aliphatic carbocycles. The first-order valence-electron chi connectivity index (χ1n) is 10.4. The molecule has 1 aliphatic rings.